The van der Waals surface area contributed by atoms with Crippen LogP contribution in [0, 0.1) is 0 Å². The van der Waals surface area contributed by atoms with Crippen molar-refractivity contribution < 1.29 is 14.6 Å². The van der Waals surface area contributed by atoms with Gasteiger partial charge in [0.15, 0.2) is 0 Å². The van der Waals surface area contributed by atoms with Crippen LogP contribution in [0.3, 0.4) is 0 Å². The molecule has 1 aromatic rings. The average Bonchev–Trinajstić information content (AvgIpc) is 2.91. The number of nitrogens with zero attached hydrogens (tertiary/aromatic N) is 4. The third kappa shape index (κ3) is 3.86. The number of carbonyl (C=O) groups is 1. The van der Waals surface area contributed by atoms with Crippen LogP contribution in [0.25, 0.3) is 0 Å². The molecule has 2 rings (SSSR count). The number of aliphatic hydroxyl groups excluding tert-OH is 1. The summed E-state index contributed by atoms with van der Waals surface area (Å²) >= 11 is 0. The lowest BCUT2D eigenvalue weighted by atomic mass is 10.2. The van der Waals surface area contributed by atoms with E-state index in [1.54, 1.807) is 4.68 Å². The van der Waals surface area contributed by atoms with Crippen LogP contribution in [0.1, 0.15) is 26.8 Å². The second kappa shape index (κ2) is 5.66. The third-order valence-electron chi connectivity index (χ3n) is 3.53. The highest BCUT2D eigenvalue weighted by Crippen LogP contribution is 2.23. The molecule has 0 radical (unpaired) electrons. The maximum atomic E-state index is 12.1. The molecule has 22 heavy (non-hydrogen) atoms. The number of amides is 1. The molecule has 1 aliphatic heterocycles. The van der Waals surface area contributed by atoms with E-state index in [1.165, 1.54) is 4.90 Å². The summed E-state index contributed by atoms with van der Waals surface area (Å²) in [6.45, 7) is 12.7. The Morgan fingerprint density at radius 1 is 1.36 bits per heavy atom. The largest absolute Gasteiger partial charge is 0.444 e. The lowest BCUT2D eigenvalue weighted by Gasteiger charge is -2.24. The van der Waals surface area contributed by atoms with E-state index in [2.05, 4.69) is 30.0 Å². The van der Waals surface area contributed by atoms with Crippen molar-refractivity contribution in [3.05, 3.63) is 6.20 Å². The molecule has 0 aliphatic carbocycles. The maximum absolute atomic E-state index is 12.1. The highest BCUT2D eigenvalue weighted by atomic mass is 28.3. The molecule has 8 heteroatoms. The van der Waals surface area contributed by atoms with E-state index in [1.807, 2.05) is 27.0 Å². The normalized spacial score (nSPS) is 23.0. The third-order valence-corrected chi connectivity index (χ3v) is 5.30. The van der Waals surface area contributed by atoms with Crippen molar-refractivity contribution >= 4 is 19.5 Å². The Morgan fingerprint density at radius 3 is 2.50 bits per heavy atom. The summed E-state index contributed by atoms with van der Waals surface area (Å²) in [5.74, 6) is 0. The van der Waals surface area contributed by atoms with Gasteiger partial charge in [-0.3, -0.25) is 0 Å². The van der Waals surface area contributed by atoms with Gasteiger partial charge in [0.1, 0.15) is 13.7 Å². The van der Waals surface area contributed by atoms with E-state index in [0.29, 0.717) is 6.54 Å². The monoisotopic (exact) mass is 326 g/mol. The van der Waals surface area contributed by atoms with Crippen molar-refractivity contribution in [2.45, 2.75) is 58.2 Å². The Hall–Kier alpha value is -1.41. The van der Waals surface area contributed by atoms with Gasteiger partial charge in [0.25, 0.3) is 0 Å². The molecule has 1 fully saturated rings. The lowest BCUT2D eigenvalue weighted by molar-refractivity contribution is 0.0270. The first-order chi connectivity index (χ1) is 9.97. The molecule has 1 amide bonds. The van der Waals surface area contributed by atoms with Crippen LogP contribution in [0.5, 0.6) is 0 Å². The van der Waals surface area contributed by atoms with Gasteiger partial charge in [-0.2, -0.15) is 0 Å². The molecule has 0 bridgehead atoms. The lowest BCUT2D eigenvalue weighted by Crippen LogP contribution is -2.38. The number of likely N-dealkylation sites (tertiary alicyclic amines) is 1. The molecule has 7 nitrogen and oxygen atoms in total. The van der Waals surface area contributed by atoms with Gasteiger partial charge in [-0.05, 0) is 20.8 Å². The van der Waals surface area contributed by atoms with Crippen molar-refractivity contribution in [3.63, 3.8) is 0 Å². The van der Waals surface area contributed by atoms with Crippen molar-refractivity contribution in [1.29, 1.82) is 0 Å². The fourth-order valence-electron chi connectivity index (χ4n) is 2.29. The van der Waals surface area contributed by atoms with Gasteiger partial charge >= 0.3 is 6.09 Å². The summed E-state index contributed by atoms with van der Waals surface area (Å²) in [5, 5.41) is 19.6. The Bertz CT molecular complexity index is 547. The van der Waals surface area contributed by atoms with E-state index in [9.17, 15) is 9.90 Å². The van der Waals surface area contributed by atoms with Crippen LogP contribution in [-0.2, 0) is 4.74 Å². The van der Waals surface area contributed by atoms with Crippen LogP contribution >= 0.6 is 0 Å². The minimum atomic E-state index is -1.54. The SMILES string of the molecule is CC(C)(C)OC(=O)N1C[C@@H](O)[C@H](n2cc([Si](C)(C)C)nn2)C1. The van der Waals surface area contributed by atoms with Crippen LogP contribution in [0.2, 0.25) is 19.6 Å². The molecule has 1 saturated heterocycles. The zero-order valence-electron chi connectivity index (χ0n) is 14.2. The van der Waals surface area contributed by atoms with Crippen LogP contribution in [0.15, 0.2) is 6.20 Å². The number of ether oxygens (including phenoxy) is 1. The number of rotatable bonds is 2. The number of aliphatic hydroxyl groups is 1. The van der Waals surface area contributed by atoms with Crippen molar-refractivity contribution in [1.82, 2.24) is 19.9 Å². The molecule has 1 aromatic heterocycles. The van der Waals surface area contributed by atoms with E-state index >= 15 is 0 Å². The predicted molar refractivity (Wildman–Crippen MR) is 85.9 cm³/mol. The maximum Gasteiger partial charge on any atom is 0.410 e. The fraction of sp³-hybridized carbons (Fsp3) is 0.786. The van der Waals surface area contributed by atoms with Gasteiger partial charge in [0.05, 0.1) is 24.0 Å². The van der Waals surface area contributed by atoms with Gasteiger partial charge in [0.2, 0.25) is 0 Å². The molecule has 0 aromatic carbocycles. The first-order valence-electron chi connectivity index (χ1n) is 7.56. The number of hydrogen-bond donors (Lipinski definition) is 1. The van der Waals surface area contributed by atoms with Crippen LogP contribution in [0.4, 0.5) is 4.79 Å². The van der Waals surface area contributed by atoms with Gasteiger partial charge in [-0.1, -0.05) is 24.9 Å². The molecular weight excluding hydrogens is 300 g/mol. The van der Waals surface area contributed by atoms with Gasteiger partial charge in [0, 0.05) is 12.7 Å². The topological polar surface area (TPSA) is 80.5 Å². The predicted octanol–water partition coefficient (Wildman–Crippen LogP) is 0.976. The number of carbonyl (C=O) groups excluding carboxylic acids is 1. The van der Waals surface area contributed by atoms with Crippen molar-refractivity contribution in [3.8, 4) is 0 Å². The first kappa shape index (κ1) is 16.9. The van der Waals surface area contributed by atoms with Crippen molar-refractivity contribution in [2.75, 3.05) is 13.1 Å². The minimum Gasteiger partial charge on any atom is -0.444 e. The summed E-state index contributed by atoms with van der Waals surface area (Å²) < 4.78 is 7.03. The first-order valence-corrected chi connectivity index (χ1v) is 11.1. The smallest absolute Gasteiger partial charge is 0.410 e. The van der Waals surface area contributed by atoms with Crippen LogP contribution in [-0.4, -0.2) is 64.0 Å². The second-order valence-electron chi connectivity index (χ2n) is 7.85. The molecule has 2 heterocycles. The minimum absolute atomic E-state index is 0.252. The summed E-state index contributed by atoms with van der Waals surface area (Å²) in [6.07, 6.45) is 0.835. The van der Waals surface area contributed by atoms with E-state index in [0.717, 1.165) is 5.32 Å². The van der Waals surface area contributed by atoms with Gasteiger partial charge < -0.3 is 14.7 Å². The molecule has 1 N–H and O–H groups in total. The van der Waals surface area contributed by atoms with Crippen molar-refractivity contribution in [2.24, 2.45) is 0 Å². The Kier molecular flexibility index (Phi) is 4.36. The Labute approximate surface area is 132 Å². The molecular formula is C14H26N4O3Si. The fourth-order valence-corrected chi connectivity index (χ4v) is 3.15. The molecule has 1 aliphatic rings. The Morgan fingerprint density at radius 2 is 2.00 bits per heavy atom. The number of hydrogen-bond acceptors (Lipinski definition) is 5. The molecule has 0 unspecified atom stereocenters. The average molecular weight is 326 g/mol. The quantitative estimate of drug-likeness (QED) is 0.819. The standard InChI is InChI=1S/C14H26N4O3Si/c1-14(2,3)21-13(20)17-7-10(11(19)8-17)18-9-12(15-16-18)22(4,5)6/h9-11,19H,7-8H2,1-6H3/t10-,11-/m1/s1. The van der Waals surface area contributed by atoms with Gasteiger partial charge in [-0.15, -0.1) is 5.10 Å². The van der Waals surface area contributed by atoms with E-state index < -0.39 is 25.9 Å². The summed E-state index contributed by atoms with van der Waals surface area (Å²) in [4.78, 5) is 13.6. The zero-order chi connectivity index (χ0) is 16.7. The van der Waals surface area contributed by atoms with Gasteiger partial charge in [-0.25, -0.2) is 9.48 Å². The second-order valence-corrected chi connectivity index (χ2v) is 12.9. The highest BCUT2D eigenvalue weighted by Gasteiger charge is 2.38. The Balaban J connectivity index is 2.08. The highest BCUT2D eigenvalue weighted by molar-refractivity contribution is 6.88. The number of β-amino-alcohol motifs (C(OH)–C–C–N with tert-alkyl or cyclic N) is 1. The van der Waals surface area contributed by atoms with E-state index in [4.69, 9.17) is 4.74 Å². The molecule has 2 atom stereocenters. The number of aromatic nitrogens is 3. The summed E-state index contributed by atoms with van der Waals surface area (Å²) in [6, 6.07) is -0.273. The molecule has 0 spiro atoms. The van der Waals surface area contributed by atoms with E-state index in [-0.39, 0.29) is 12.6 Å². The molecule has 0 saturated carbocycles. The summed E-state index contributed by atoms with van der Waals surface area (Å²) in [7, 11) is -1.54. The summed E-state index contributed by atoms with van der Waals surface area (Å²) in [5.41, 5.74) is -0.543. The van der Waals surface area contributed by atoms with Crippen LogP contribution < -0.4 is 5.32 Å². The zero-order valence-corrected chi connectivity index (χ0v) is 15.2. The molecule has 124 valence electrons.